The van der Waals surface area contributed by atoms with Gasteiger partial charge in [-0.15, -0.1) is 0 Å². The highest BCUT2D eigenvalue weighted by Gasteiger charge is 2.69. The average molecular weight is 752 g/mol. The third kappa shape index (κ3) is 6.36. The highest BCUT2D eigenvalue weighted by Crippen LogP contribution is 2.53. The Bertz CT molecular complexity index is 1760. The van der Waals surface area contributed by atoms with Crippen molar-refractivity contribution in [2.45, 2.75) is 151 Å². The number of carbonyl (C=O) groups excluding carboxylic acids is 1. The topological polar surface area (TPSA) is 94.0 Å². The Labute approximate surface area is 319 Å². The van der Waals surface area contributed by atoms with Crippen LogP contribution in [0.4, 0.5) is 0 Å². The molecule has 5 fully saturated rings. The van der Waals surface area contributed by atoms with Crippen LogP contribution in [0.1, 0.15) is 97.0 Å². The van der Waals surface area contributed by atoms with Crippen LogP contribution in [0.5, 0.6) is 0 Å². The smallest absolute Gasteiger partial charge is 0.351 e. The lowest BCUT2D eigenvalue weighted by Crippen LogP contribution is -2.73. The molecule has 0 bridgehead atoms. The molecular weight excluding hydrogens is 699 g/mol. The summed E-state index contributed by atoms with van der Waals surface area (Å²) < 4.78 is 43.2. The average Bonchev–Trinajstić information content (AvgIpc) is 3.93. The molecule has 3 aromatic carbocycles. The number of esters is 1. The molecule has 3 saturated carbocycles. The Hall–Kier alpha value is -3.38. The summed E-state index contributed by atoms with van der Waals surface area (Å²) in [6.45, 7) is 6.79. The molecule has 10 heteroatoms. The molecule has 0 N–H and O–H groups in total. The second kappa shape index (κ2) is 14.3. The minimum absolute atomic E-state index is 0.306. The Morgan fingerprint density at radius 1 is 0.648 bits per heavy atom. The van der Waals surface area contributed by atoms with Crippen molar-refractivity contribution in [1.29, 1.82) is 0 Å². The maximum atomic E-state index is 14.4. The molecule has 0 aromatic heterocycles. The Morgan fingerprint density at radius 2 is 1.11 bits per heavy atom. The number of benzene rings is 3. The monoisotopic (exact) mass is 751 g/mol. The second-order valence-electron chi connectivity index (χ2n) is 17.1. The molecule has 286 valence electrons. The predicted molar refractivity (Wildman–Crippen MR) is 206 cm³/mol. The SMILES string of the molecule is CC(C)(C)[Si](O[C@@H]1[C@@H](OC(=O)[C@H]2CC(c3ccccc3)=NO2)[C@@H]2OC3(CCCCC3)O[C@@H]2[C@H]2OC3(CCCCC3)O[C@H]21)(c1ccccc1)c1ccccc1. The van der Waals surface area contributed by atoms with Gasteiger partial charge in [0.25, 0.3) is 8.32 Å². The van der Waals surface area contributed by atoms with Crippen LogP contribution in [0.25, 0.3) is 0 Å². The molecule has 3 aliphatic carbocycles. The molecule has 2 saturated heterocycles. The van der Waals surface area contributed by atoms with Crippen LogP contribution in [-0.2, 0) is 37.7 Å². The lowest BCUT2D eigenvalue weighted by atomic mass is 9.85. The summed E-state index contributed by atoms with van der Waals surface area (Å²) in [6, 6.07) is 31.0. The van der Waals surface area contributed by atoms with Gasteiger partial charge in [0.05, 0.1) is 5.71 Å². The van der Waals surface area contributed by atoms with Crippen molar-refractivity contribution >= 4 is 30.4 Å². The first kappa shape index (κ1) is 36.3. The number of carbonyl (C=O) groups is 1. The van der Waals surface area contributed by atoms with Crippen molar-refractivity contribution in [3.8, 4) is 0 Å². The van der Waals surface area contributed by atoms with Crippen LogP contribution in [0.3, 0.4) is 0 Å². The summed E-state index contributed by atoms with van der Waals surface area (Å²) in [7, 11) is -3.21. The Morgan fingerprint density at radius 3 is 1.61 bits per heavy atom. The predicted octanol–water partition coefficient (Wildman–Crippen LogP) is 6.94. The Balaban J connectivity index is 1.15. The Kier molecular flexibility index (Phi) is 9.59. The molecule has 9 nitrogen and oxygen atoms in total. The highest BCUT2D eigenvalue weighted by atomic mass is 28.4. The van der Waals surface area contributed by atoms with E-state index in [1.165, 1.54) is 0 Å². The molecular formula is C44H53NO8Si. The first-order valence-corrected chi connectivity index (χ1v) is 22.1. The molecule has 6 aliphatic rings. The van der Waals surface area contributed by atoms with Gasteiger partial charge in [-0.1, -0.05) is 130 Å². The number of oxime groups is 1. The largest absolute Gasteiger partial charge is 0.454 e. The molecule has 7 atom stereocenters. The number of hydrogen-bond donors (Lipinski definition) is 0. The number of nitrogens with zero attached hydrogens (tertiary/aromatic N) is 1. The quantitative estimate of drug-likeness (QED) is 0.190. The molecule has 3 aliphatic heterocycles. The molecule has 0 unspecified atom stereocenters. The molecule has 3 heterocycles. The van der Waals surface area contributed by atoms with E-state index in [0.29, 0.717) is 12.1 Å². The van der Waals surface area contributed by atoms with Crippen LogP contribution in [-0.4, -0.2) is 74.3 Å². The molecule has 3 aromatic rings. The van der Waals surface area contributed by atoms with E-state index in [0.717, 1.165) is 80.1 Å². The number of fused-ring (bicyclic) bond motifs is 3. The maximum absolute atomic E-state index is 14.4. The van der Waals surface area contributed by atoms with Gasteiger partial charge in [0.1, 0.15) is 30.5 Å². The van der Waals surface area contributed by atoms with E-state index in [-0.39, 0.29) is 5.04 Å². The summed E-state index contributed by atoms with van der Waals surface area (Å²) >= 11 is 0. The second-order valence-corrected chi connectivity index (χ2v) is 21.4. The summed E-state index contributed by atoms with van der Waals surface area (Å²) in [5, 5.41) is 6.24. The van der Waals surface area contributed by atoms with Crippen LogP contribution in [0.15, 0.2) is 96.2 Å². The molecule has 0 amide bonds. The zero-order valence-electron chi connectivity index (χ0n) is 31.7. The van der Waals surface area contributed by atoms with Crippen molar-refractivity contribution in [1.82, 2.24) is 0 Å². The maximum Gasteiger partial charge on any atom is 0.351 e. The van der Waals surface area contributed by atoms with Gasteiger partial charge in [-0.25, -0.2) is 4.79 Å². The number of hydrogen-bond acceptors (Lipinski definition) is 9. The van der Waals surface area contributed by atoms with Crippen molar-refractivity contribution in [2.24, 2.45) is 5.16 Å². The van der Waals surface area contributed by atoms with E-state index in [4.69, 9.17) is 32.9 Å². The first-order chi connectivity index (χ1) is 26.2. The standard InChI is InChI=1S/C44H53NO8Si/c1-42(2,3)54(31-21-11-5-12-22-31,32-23-13-6-14-24-32)53-40-35(47-41(46)34-29-33(45-52-34)30-19-9-4-10-20-30)36-37(49-43(48-36)25-15-7-16-26-43)38-39(40)51-44(50-38)27-17-8-18-28-44/h4-6,9-14,19-24,34-40H,7-8,15-18,25-29H2,1-3H3/t34-,35+,36+,37+,38-,39-,40-/m1/s1. The number of ether oxygens (including phenoxy) is 5. The van der Waals surface area contributed by atoms with Gasteiger partial charge in [-0.05, 0) is 46.7 Å². The summed E-state index contributed by atoms with van der Waals surface area (Å²) in [5.41, 5.74) is 1.63. The fourth-order valence-corrected chi connectivity index (χ4v) is 14.7. The van der Waals surface area contributed by atoms with Gasteiger partial charge in [-0.3, -0.25) is 0 Å². The van der Waals surface area contributed by atoms with Gasteiger partial charge in [0.2, 0.25) is 6.10 Å². The molecule has 9 rings (SSSR count). The zero-order valence-corrected chi connectivity index (χ0v) is 32.7. The van der Waals surface area contributed by atoms with Crippen molar-refractivity contribution in [3.05, 3.63) is 96.6 Å². The third-order valence-electron chi connectivity index (χ3n) is 12.6. The van der Waals surface area contributed by atoms with Crippen molar-refractivity contribution in [3.63, 3.8) is 0 Å². The van der Waals surface area contributed by atoms with Crippen LogP contribution < -0.4 is 10.4 Å². The molecule has 54 heavy (non-hydrogen) atoms. The van der Waals surface area contributed by atoms with E-state index < -0.39 is 68.6 Å². The lowest BCUT2D eigenvalue weighted by Gasteiger charge is -2.50. The zero-order chi connectivity index (χ0) is 37.0. The minimum atomic E-state index is -3.21. The van der Waals surface area contributed by atoms with Gasteiger partial charge >= 0.3 is 5.97 Å². The summed E-state index contributed by atoms with van der Waals surface area (Å²) in [4.78, 5) is 20.3. The summed E-state index contributed by atoms with van der Waals surface area (Å²) in [5.74, 6) is -2.01. The van der Waals surface area contributed by atoms with E-state index in [1.54, 1.807) is 0 Å². The van der Waals surface area contributed by atoms with E-state index in [1.807, 2.05) is 42.5 Å². The van der Waals surface area contributed by atoms with Crippen LogP contribution >= 0.6 is 0 Å². The van der Waals surface area contributed by atoms with Gasteiger partial charge < -0.3 is 32.9 Å². The van der Waals surface area contributed by atoms with Crippen LogP contribution in [0, 0.1) is 0 Å². The first-order valence-electron chi connectivity index (χ1n) is 20.2. The minimum Gasteiger partial charge on any atom is -0.454 e. The van der Waals surface area contributed by atoms with Gasteiger partial charge in [0.15, 0.2) is 17.7 Å². The fraction of sp³-hybridized carbons (Fsp3) is 0.545. The van der Waals surface area contributed by atoms with Crippen molar-refractivity contribution < 1.29 is 37.7 Å². The van der Waals surface area contributed by atoms with Gasteiger partial charge in [-0.2, -0.15) is 0 Å². The lowest BCUT2D eigenvalue weighted by molar-refractivity contribution is -0.226. The molecule has 0 radical (unpaired) electrons. The third-order valence-corrected chi connectivity index (χ3v) is 17.6. The van der Waals surface area contributed by atoms with Gasteiger partial charge in [0, 0.05) is 32.1 Å². The summed E-state index contributed by atoms with van der Waals surface area (Å²) in [6.07, 6.45) is 5.19. The van der Waals surface area contributed by atoms with E-state index in [2.05, 4.69) is 74.5 Å². The highest BCUT2D eigenvalue weighted by molar-refractivity contribution is 6.99. The van der Waals surface area contributed by atoms with E-state index >= 15 is 0 Å². The van der Waals surface area contributed by atoms with Crippen molar-refractivity contribution in [2.75, 3.05) is 0 Å². The number of rotatable bonds is 7. The fourth-order valence-electron chi connectivity index (χ4n) is 10.0. The van der Waals surface area contributed by atoms with Crippen LogP contribution in [0.2, 0.25) is 5.04 Å². The molecule has 2 spiro atoms. The normalized spacial score (nSPS) is 31.4. The van der Waals surface area contributed by atoms with E-state index in [9.17, 15) is 4.79 Å².